The summed E-state index contributed by atoms with van der Waals surface area (Å²) < 4.78 is 12.0. The number of unbranched alkanes of at least 4 members (excludes halogenated alkanes) is 1. The first-order valence-electron chi connectivity index (χ1n) is 13.1. The van der Waals surface area contributed by atoms with Gasteiger partial charge >= 0.3 is 0 Å². The highest BCUT2D eigenvalue weighted by Gasteiger charge is 2.24. The molecule has 4 rings (SSSR count). The fourth-order valence-electron chi connectivity index (χ4n) is 5.67. The monoisotopic (exact) mass is 434 g/mol. The Morgan fingerprint density at radius 3 is 2.06 bits per heavy atom. The molecule has 1 aliphatic heterocycles. The lowest BCUT2D eigenvalue weighted by atomic mass is 9.76. The van der Waals surface area contributed by atoms with E-state index < -0.39 is 0 Å². The molecule has 0 bridgehead atoms. The zero-order valence-corrected chi connectivity index (χ0v) is 20.4. The van der Waals surface area contributed by atoms with Gasteiger partial charge in [0.1, 0.15) is 0 Å². The van der Waals surface area contributed by atoms with Crippen molar-refractivity contribution in [2.45, 2.75) is 90.8 Å². The molecule has 2 nitrogen and oxygen atoms in total. The largest absolute Gasteiger partial charge is 0.348 e. The molecular formula is C30H42O2. The summed E-state index contributed by atoms with van der Waals surface area (Å²) in [5.74, 6) is 2.27. The Hall–Kier alpha value is -1.64. The Morgan fingerprint density at radius 2 is 1.44 bits per heavy atom. The number of rotatable bonds is 8. The van der Waals surface area contributed by atoms with E-state index >= 15 is 0 Å². The van der Waals surface area contributed by atoms with Crippen molar-refractivity contribution in [3.05, 3.63) is 59.2 Å². The first kappa shape index (κ1) is 23.5. The van der Waals surface area contributed by atoms with Crippen LogP contribution in [0.15, 0.2) is 42.5 Å². The summed E-state index contributed by atoms with van der Waals surface area (Å²) in [5, 5.41) is 0. The van der Waals surface area contributed by atoms with Crippen molar-refractivity contribution in [1.29, 1.82) is 0 Å². The fourth-order valence-corrected chi connectivity index (χ4v) is 5.67. The second-order valence-electron chi connectivity index (χ2n) is 10.2. The summed E-state index contributed by atoms with van der Waals surface area (Å²) in [7, 11) is 0. The second kappa shape index (κ2) is 11.5. The third-order valence-electron chi connectivity index (χ3n) is 7.69. The Bertz CT molecular complexity index is 824. The molecule has 0 unspecified atom stereocenters. The van der Waals surface area contributed by atoms with Crippen LogP contribution in [0.5, 0.6) is 0 Å². The molecule has 2 heteroatoms. The maximum Gasteiger partial charge on any atom is 0.183 e. The van der Waals surface area contributed by atoms with Crippen LogP contribution in [-0.2, 0) is 9.47 Å². The van der Waals surface area contributed by atoms with Crippen LogP contribution in [0.3, 0.4) is 0 Å². The molecule has 32 heavy (non-hydrogen) atoms. The van der Waals surface area contributed by atoms with Gasteiger partial charge in [-0.2, -0.15) is 0 Å². The molecule has 0 atom stereocenters. The molecule has 0 N–H and O–H groups in total. The molecule has 2 aliphatic rings. The first-order valence-corrected chi connectivity index (χ1v) is 13.1. The highest BCUT2D eigenvalue weighted by Crippen LogP contribution is 2.39. The summed E-state index contributed by atoms with van der Waals surface area (Å²) in [6, 6.07) is 16.0. The molecule has 1 saturated carbocycles. The third-order valence-corrected chi connectivity index (χ3v) is 7.69. The Morgan fingerprint density at radius 1 is 0.750 bits per heavy atom. The zero-order valence-electron chi connectivity index (χ0n) is 20.4. The van der Waals surface area contributed by atoms with E-state index in [9.17, 15) is 0 Å². The van der Waals surface area contributed by atoms with Gasteiger partial charge in [0.25, 0.3) is 0 Å². The predicted molar refractivity (Wildman–Crippen MR) is 134 cm³/mol. The highest BCUT2D eigenvalue weighted by molar-refractivity contribution is 5.68. The van der Waals surface area contributed by atoms with Gasteiger partial charge in [0.05, 0.1) is 13.2 Å². The van der Waals surface area contributed by atoms with Gasteiger partial charge in [0.2, 0.25) is 0 Å². The smallest absolute Gasteiger partial charge is 0.183 e. The minimum atomic E-state index is -0.215. The molecule has 0 spiro atoms. The van der Waals surface area contributed by atoms with Gasteiger partial charge in [0, 0.05) is 11.5 Å². The number of ether oxygens (including phenoxy) is 2. The zero-order chi connectivity index (χ0) is 22.3. The number of hydrogen-bond acceptors (Lipinski definition) is 2. The number of benzene rings is 2. The van der Waals surface area contributed by atoms with E-state index in [1.54, 1.807) is 5.56 Å². The van der Waals surface area contributed by atoms with Gasteiger partial charge in [-0.25, -0.2) is 0 Å². The van der Waals surface area contributed by atoms with E-state index in [0.717, 1.165) is 30.6 Å². The average molecular weight is 435 g/mol. The molecule has 1 saturated heterocycles. The standard InChI is InChI=1S/C30H42O2/c1-4-6-8-23-9-11-25(12-10-23)28-17-18-29(22(3)19-28)26-13-15-27(16-14-26)30-31-20-24(7-5-2)21-32-30/h13-19,23-25,30H,4-12,20-21H2,1-3H3/t23?,24-,25?,30-. The molecule has 1 aliphatic carbocycles. The molecule has 0 amide bonds. The lowest BCUT2D eigenvalue weighted by Gasteiger charge is -2.29. The molecule has 174 valence electrons. The van der Waals surface area contributed by atoms with Gasteiger partial charge in [-0.3, -0.25) is 0 Å². The van der Waals surface area contributed by atoms with Crippen LogP contribution in [0.4, 0.5) is 0 Å². The minimum Gasteiger partial charge on any atom is -0.348 e. The molecule has 0 aromatic heterocycles. The van der Waals surface area contributed by atoms with Crippen LogP contribution < -0.4 is 0 Å². The maximum atomic E-state index is 5.99. The van der Waals surface area contributed by atoms with Crippen LogP contribution in [-0.4, -0.2) is 13.2 Å². The van der Waals surface area contributed by atoms with Gasteiger partial charge in [-0.15, -0.1) is 0 Å². The molecule has 2 aromatic rings. The van der Waals surface area contributed by atoms with E-state index in [-0.39, 0.29) is 6.29 Å². The van der Waals surface area contributed by atoms with Gasteiger partial charge in [0.15, 0.2) is 6.29 Å². The van der Waals surface area contributed by atoms with Gasteiger partial charge in [-0.1, -0.05) is 82.0 Å². The van der Waals surface area contributed by atoms with Crippen LogP contribution in [0.25, 0.3) is 11.1 Å². The van der Waals surface area contributed by atoms with Gasteiger partial charge < -0.3 is 9.47 Å². The minimum absolute atomic E-state index is 0.215. The summed E-state index contributed by atoms with van der Waals surface area (Å²) in [6.07, 6.45) is 11.9. The van der Waals surface area contributed by atoms with E-state index in [2.05, 4.69) is 63.2 Å². The second-order valence-corrected chi connectivity index (χ2v) is 10.2. The number of hydrogen-bond donors (Lipinski definition) is 0. The van der Waals surface area contributed by atoms with Crippen molar-refractivity contribution < 1.29 is 9.47 Å². The van der Waals surface area contributed by atoms with Crippen LogP contribution >= 0.6 is 0 Å². The van der Waals surface area contributed by atoms with Crippen LogP contribution in [0, 0.1) is 18.8 Å². The maximum absolute atomic E-state index is 5.99. The van der Waals surface area contributed by atoms with Crippen molar-refractivity contribution in [3.8, 4) is 11.1 Å². The first-order chi connectivity index (χ1) is 15.7. The Kier molecular flexibility index (Phi) is 8.43. The van der Waals surface area contributed by atoms with Crippen molar-refractivity contribution in [2.24, 2.45) is 11.8 Å². The van der Waals surface area contributed by atoms with E-state index in [4.69, 9.17) is 9.47 Å². The van der Waals surface area contributed by atoms with Crippen molar-refractivity contribution in [3.63, 3.8) is 0 Å². The van der Waals surface area contributed by atoms with Crippen LogP contribution in [0.2, 0.25) is 0 Å². The van der Waals surface area contributed by atoms with E-state index in [0.29, 0.717) is 5.92 Å². The normalized spacial score (nSPS) is 26.2. The average Bonchev–Trinajstić information content (AvgIpc) is 2.84. The Labute approximate surface area is 195 Å². The summed E-state index contributed by atoms with van der Waals surface area (Å²) in [5.41, 5.74) is 6.67. The predicted octanol–water partition coefficient (Wildman–Crippen LogP) is 8.59. The third kappa shape index (κ3) is 5.83. The summed E-state index contributed by atoms with van der Waals surface area (Å²) in [4.78, 5) is 0. The molecule has 1 heterocycles. The van der Waals surface area contributed by atoms with Crippen molar-refractivity contribution in [1.82, 2.24) is 0 Å². The Balaban J connectivity index is 1.36. The lowest BCUT2D eigenvalue weighted by molar-refractivity contribution is -0.206. The van der Waals surface area contributed by atoms with E-state index in [1.165, 1.54) is 74.5 Å². The molecule has 0 radical (unpaired) electrons. The summed E-state index contributed by atoms with van der Waals surface area (Å²) >= 11 is 0. The summed E-state index contributed by atoms with van der Waals surface area (Å²) in [6.45, 7) is 8.41. The molecular weight excluding hydrogens is 392 g/mol. The van der Waals surface area contributed by atoms with Crippen LogP contribution in [0.1, 0.15) is 101 Å². The topological polar surface area (TPSA) is 18.5 Å². The number of aryl methyl sites for hydroxylation is 1. The molecule has 2 aromatic carbocycles. The lowest BCUT2D eigenvalue weighted by Crippen LogP contribution is -2.26. The highest BCUT2D eigenvalue weighted by atomic mass is 16.7. The SMILES string of the molecule is CCCCC1CCC(c2ccc(-c3ccc([C@H]4OC[C@H](CCC)CO4)cc3)c(C)c2)CC1. The molecule has 2 fully saturated rings. The van der Waals surface area contributed by atoms with Gasteiger partial charge in [-0.05, 0) is 73.1 Å². The van der Waals surface area contributed by atoms with E-state index in [1.807, 2.05) is 0 Å². The van der Waals surface area contributed by atoms with Crippen molar-refractivity contribution in [2.75, 3.05) is 13.2 Å². The quantitative estimate of drug-likeness (QED) is 0.414. The van der Waals surface area contributed by atoms with Crippen molar-refractivity contribution >= 4 is 0 Å². The fraction of sp³-hybridized carbons (Fsp3) is 0.600.